The molecule has 4 heteroatoms. The van der Waals surface area contributed by atoms with E-state index < -0.39 is 0 Å². The van der Waals surface area contributed by atoms with Crippen LogP contribution in [0.15, 0.2) is 18.2 Å². The van der Waals surface area contributed by atoms with Crippen LogP contribution in [0.25, 0.3) is 0 Å². The molecule has 1 rings (SSSR count). The number of halogens is 2. The number of nitrogens with one attached hydrogen (secondary N) is 1. The molecule has 1 aromatic carbocycles. The van der Waals surface area contributed by atoms with E-state index in [0.717, 1.165) is 22.8 Å². The van der Waals surface area contributed by atoms with Crippen LogP contribution in [-0.4, -0.2) is 16.9 Å². The zero-order chi connectivity index (χ0) is 12.7. The number of unbranched alkanes of at least 4 members (excludes halogenated alkanes) is 2. The van der Waals surface area contributed by atoms with Crippen LogP contribution in [0.3, 0.4) is 0 Å². The summed E-state index contributed by atoms with van der Waals surface area (Å²) < 4.78 is 14.2. The molecular weight excluding hydrogens is 332 g/mol. The SMILES string of the molecule is Cc1ccc(F)cc1C(=O)NCCCCCI. The van der Waals surface area contributed by atoms with E-state index in [4.69, 9.17) is 0 Å². The number of hydrogen-bond acceptors (Lipinski definition) is 1. The molecule has 0 aliphatic heterocycles. The first-order chi connectivity index (χ1) is 8.15. The molecule has 17 heavy (non-hydrogen) atoms. The van der Waals surface area contributed by atoms with Crippen molar-refractivity contribution in [3.63, 3.8) is 0 Å². The highest BCUT2D eigenvalue weighted by atomic mass is 127. The van der Waals surface area contributed by atoms with Crippen molar-refractivity contribution in [2.45, 2.75) is 26.2 Å². The molecule has 0 aromatic heterocycles. The lowest BCUT2D eigenvalue weighted by Crippen LogP contribution is -2.25. The summed E-state index contributed by atoms with van der Waals surface area (Å²) in [5, 5.41) is 2.82. The van der Waals surface area contributed by atoms with Crippen molar-refractivity contribution in [3.8, 4) is 0 Å². The van der Waals surface area contributed by atoms with E-state index in [1.807, 2.05) is 6.92 Å². The number of rotatable bonds is 6. The molecule has 0 spiro atoms. The summed E-state index contributed by atoms with van der Waals surface area (Å²) in [6.07, 6.45) is 3.27. The third-order valence-corrected chi connectivity index (χ3v) is 3.30. The molecule has 0 fully saturated rings. The van der Waals surface area contributed by atoms with Gasteiger partial charge in [0.2, 0.25) is 0 Å². The first kappa shape index (κ1) is 14.4. The number of benzene rings is 1. The van der Waals surface area contributed by atoms with Crippen LogP contribution >= 0.6 is 22.6 Å². The monoisotopic (exact) mass is 349 g/mol. The number of hydrogen-bond donors (Lipinski definition) is 1. The summed E-state index contributed by atoms with van der Waals surface area (Å²) in [4.78, 5) is 11.8. The van der Waals surface area contributed by atoms with Crippen molar-refractivity contribution in [1.82, 2.24) is 5.32 Å². The standard InChI is InChI=1S/C13H17FINO/c1-10-5-6-11(14)9-12(10)13(17)16-8-4-2-3-7-15/h5-6,9H,2-4,7-8H2,1H3,(H,16,17). The average Bonchev–Trinajstić information content (AvgIpc) is 2.32. The average molecular weight is 349 g/mol. The Morgan fingerprint density at radius 3 is 2.82 bits per heavy atom. The highest BCUT2D eigenvalue weighted by Gasteiger charge is 2.08. The van der Waals surface area contributed by atoms with E-state index in [1.165, 1.54) is 18.6 Å². The number of aryl methyl sites for hydroxylation is 1. The Labute approximate surface area is 115 Å². The van der Waals surface area contributed by atoms with Gasteiger partial charge in [0.05, 0.1) is 0 Å². The Morgan fingerprint density at radius 1 is 1.35 bits per heavy atom. The fourth-order valence-corrected chi connectivity index (χ4v) is 2.07. The quantitative estimate of drug-likeness (QED) is 0.476. The zero-order valence-corrected chi connectivity index (χ0v) is 12.1. The van der Waals surface area contributed by atoms with Crippen molar-refractivity contribution in [3.05, 3.63) is 35.1 Å². The third-order valence-electron chi connectivity index (χ3n) is 2.54. The fourth-order valence-electron chi connectivity index (χ4n) is 1.53. The highest BCUT2D eigenvalue weighted by Crippen LogP contribution is 2.10. The number of carbonyl (C=O) groups excluding carboxylic acids is 1. The lowest BCUT2D eigenvalue weighted by molar-refractivity contribution is 0.0952. The van der Waals surface area contributed by atoms with Gasteiger partial charge in [0, 0.05) is 12.1 Å². The molecule has 0 atom stereocenters. The summed E-state index contributed by atoms with van der Waals surface area (Å²) in [6, 6.07) is 4.28. The van der Waals surface area contributed by atoms with Crippen LogP contribution in [-0.2, 0) is 0 Å². The van der Waals surface area contributed by atoms with Gasteiger partial charge in [-0.3, -0.25) is 4.79 Å². The number of amides is 1. The van der Waals surface area contributed by atoms with Gasteiger partial charge in [-0.25, -0.2) is 4.39 Å². The van der Waals surface area contributed by atoms with Gasteiger partial charge in [-0.05, 0) is 41.9 Å². The zero-order valence-electron chi connectivity index (χ0n) is 9.93. The van der Waals surface area contributed by atoms with E-state index in [0.29, 0.717) is 12.1 Å². The summed E-state index contributed by atoms with van der Waals surface area (Å²) in [7, 11) is 0. The summed E-state index contributed by atoms with van der Waals surface area (Å²) in [5.41, 5.74) is 1.23. The maximum atomic E-state index is 13.0. The predicted molar refractivity (Wildman–Crippen MR) is 76.2 cm³/mol. The van der Waals surface area contributed by atoms with Crippen molar-refractivity contribution >= 4 is 28.5 Å². The second-order valence-electron chi connectivity index (χ2n) is 3.96. The minimum atomic E-state index is -0.370. The largest absolute Gasteiger partial charge is 0.352 e. The van der Waals surface area contributed by atoms with Crippen molar-refractivity contribution in [2.24, 2.45) is 0 Å². The minimum Gasteiger partial charge on any atom is -0.352 e. The van der Waals surface area contributed by atoms with Crippen molar-refractivity contribution in [2.75, 3.05) is 11.0 Å². The minimum absolute atomic E-state index is 0.184. The van der Waals surface area contributed by atoms with Crippen LogP contribution in [0, 0.1) is 12.7 Å². The summed E-state index contributed by atoms with van der Waals surface area (Å²) >= 11 is 2.34. The molecule has 1 amide bonds. The Balaban J connectivity index is 2.44. The molecule has 0 heterocycles. The Hall–Kier alpha value is -0.650. The molecule has 0 aliphatic carbocycles. The topological polar surface area (TPSA) is 29.1 Å². The van der Waals surface area contributed by atoms with Gasteiger partial charge in [0.15, 0.2) is 0 Å². The van der Waals surface area contributed by atoms with Gasteiger partial charge in [0.25, 0.3) is 5.91 Å². The normalized spacial score (nSPS) is 10.3. The Morgan fingerprint density at radius 2 is 2.12 bits per heavy atom. The van der Waals surface area contributed by atoms with Gasteiger partial charge in [-0.15, -0.1) is 0 Å². The van der Waals surface area contributed by atoms with E-state index in [9.17, 15) is 9.18 Å². The van der Waals surface area contributed by atoms with Crippen LogP contribution < -0.4 is 5.32 Å². The lowest BCUT2D eigenvalue weighted by atomic mass is 10.1. The molecule has 1 N–H and O–H groups in total. The maximum absolute atomic E-state index is 13.0. The van der Waals surface area contributed by atoms with Gasteiger partial charge in [-0.1, -0.05) is 35.1 Å². The second kappa shape index (κ2) is 7.63. The maximum Gasteiger partial charge on any atom is 0.251 e. The number of alkyl halides is 1. The van der Waals surface area contributed by atoms with Crippen LogP contribution in [0.2, 0.25) is 0 Å². The first-order valence-electron chi connectivity index (χ1n) is 5.75. The molecule has 2 nitrogen and oxygen atoms in total. The first-order valence-corrected chi connectivity index (χ1v) is 7.28. The molecule has 0 saturated heterocycles. The second-order valence-corrected chi connectivity index (χ2v) is 5.04. The smallest absolute Gasteiger partial charge is 0.251 e. The van der Waals surface area contributed by atoms with E-state index in [-0.39, 0.29) is 11.7 Å². The molecule has 94 valence electrons. The fraction of sp³-hybridized carbons (Fsp3) is 0.462. The molecular formula is C13H17FINO. The molecule has 0 saturated carbocycles. The Kier molecular flexibility index (Phi) is 6.47. The van der Waals surface area contributed by atoms with E-state index in [2.05, 4.69) is 27.9 Å². The molecule has 0 aliphatic rings. The highest BCUT2D eigenvalue weighted by molar-refractivity contribution is 14.1. The molecule has 0 bridgehead atoms. The summed E-state index contributed by atoms with van der Waals surface area (Å²) in [6.45, 7) is 2.47. The Bertz CT molecular complexity index is 382. The van der Waals surface area contributed by atoms with Gasteiger partial charge >= 0.3 is 0 Å². The van der Waals surface area contributed by atoms with Crippen LogP contribution in [0.1, 0.15) is 35.2 Å². The molecule has 0 radical (unpaired) electrons. The predicted octanol–water partition coefficient (Wildman–Crippen LogP) is 3.47. The van der Waals surface area contributed by atoms with Gasteiger partial charge < -0.3 is 5.32 Å². The van der Waals surface area contributed by atoms with Crippen molar-refractivity contribution < 1.29 is 9.18 Å². The molecule has 0 unspecified atom stereocenters. The third kappa shape index (κ3) is 5.02. The van der Waals surface area contributed by atoms with Crippen LogP contribution in [0.5, 0.6) is 0 Å². The van der Waals surface area contributed by atoms with Crippen LogP contribution in [0.4, 0.5) is 4.39 Å². The van der Waals surface area contributed by atoms with E-state index >= 15 is 0 Å². The van der Waals surface area contributed by atoms with Crippen molar-refractivity contribution in [1.29, 1.82) is 0 Å². The van der Waals surface area contributed by atoms with Gasteiger partial charge in [0.1, 0.15) is 5.82 Å². The summed E-state index contributed by atoms with van der Waals surface area (Å²) in [5.74, 6) is -0.554. The van der Waals surface area contributed by atoms with E-state index in [1.54, 1.807) is 6.07 Å². The molecule has 1 aromatic rings. The van der Waals surface area contributed by atoms with Gasteiger partial charge in [-0.2, -0.15) is 0 Å². The number of carbonyl (C=O) groups is 1. The lowest BCUT2D eigenvalue weighted by Gasteiger charge is -2.07.